The number of pyridine rings is 1. The molecule has 11 nitrogen and oxygen atoms in total. The van der Waals surface area contributed by atoms with Crippen LogP contribution in [0.4, 0.5) is 15.8 Å². The number of fused-ring (bicyclic) bond motifs is 1. The molecule has 0 spiro atoms. The van der Waals surface area contributed by atoms with E-state index in [2.05, 4.69) is 25.5 Å². The van der Waals surface area contributed by atoms with E-state index in [1.165, 1.54) is 47.4 Å². The SMILES string of the molecule is Nc1cccc(-c2c(-c3cn[nH]c3)oc3ncnc(Oc4ccc(NC(=O)c5cccn(-c6ccc(F)cc6)c5=O)cc4)c23)c1. The highest BCUT2D eigenvalue weighted by molar-refractivity contribution is 6.04. The number of nitrogen functional groups attached to an aromatic ring is 1. The van der Waals surface area contributed by atoms with Gasteiger partial charge in [0.05, 0.1) is 11.8 Å². The number of carbonyl (C=O) groups excluding carboxylic acids is 1. The van der Waals surface area contributed by atoms with E-state index in [1.807, 2.05) is 18.2 Å². The first kappa shape index (κ1) is 27.3. The normalized spacial score (nSPS) is 11.0. The molecule has 12 heteroatoms. The third-order valence-corrected chi connectivity index (χ3v) is 7.01. The predicted molar refractivity (Wildman–Crippen MR) is 166 cm³/mol. The fourth-order valence-corrected chi connectivity index (χ4v) is 4.92. The second-order valence-electron chi connectivity index (χ2n) is 9.93. The van der Waals surface area contributed by atoms with Gasteiger partial charge in [-0.05, 0) is 78.4 Å². The van der Waals surface area contributed by atoms with Crippen LogP contribution in [0.25, 0.3) is 39.2 Å². The zero-order valence-corrected chi connectivity index (χ0v) is 23.3. The van der Waals surface area contributed by atoms with E-state index in [0.717, 1.165) is 5.56 Å². The molecule has 0 radical (unpaired) electrons. The van der Waals surface area contributed by atoms with Gasteiger partial charge in [-0.25, -0.2) is 14.4 Å². The summed E-state index contributed by atoms with van der Waals surface area (Å²) in [6.45, 7) is 0. The van der Waals surface area contributed by atoms with Crippen molar-refractivity contribution in [3.8, 4) is 39.8 Å². The number of anilines is 2. The van der Waals surface area contributed by atoms with Crippen LogP contribution in [0.15, 0.2) is 119 Å². The van der Waals surface area contributed by atoms with Crippen LogP contribution < -0.4 is 21.3 Å². The summed E-state index contributed by atoms with van der Waals surface area (Å²) in [4.78, 5) is 34.8. The fourth-order valence-electron chi connectivity index (χ4n) is 4.92. The minimum atomic E-state index is -0.598. The van der Waals surface area contributed by atoms with E-state index in [-0.39, 0.29) is 11.4 Å². The number of hydrogen-bond acceptors (Lipinski definition) is 8. The molecule has 0 atom stereocenters. The smallest absolute Gasteiger partial charge is 0.267 e. The lowest BCUT2D eigenvalue weighted by molar-refractivity contribution is 0.102. The highest BCUT2D eigenvalue weighted by Gasteiger charge is 2.24. The Morgan fingerprint density at radius 1 is 0.978 bits per heavy atom. The van der Waals surface area contributed by atoms with Crippen LogP contribution in [-0.4, -0.2) is 30.6 Å². The quantitative estimate of drug-likeness (QED) is 0.183. The van der Waals surface area contributed by atoms with Crippen molar-refractivity contribution in [2.75, 3.05) is 11.1 Å². The van der Waals surface area contributed by atoms with Crippen molar-refractivity contribution in [2.24, 2.45) is 0 Å². The average Bonchev–Trinajstić information content (AvgIpc) is 3.72. The number of amides is 1. The summed E-state index contributed by atoms with van der Waals surface area (Å²) in [7, 11) is 0. The molecule has 0 saturated carbocycles. The summed E-state index contributed by atoms with van der Waals surface area (Å²) in [5.41, 5.74) is 9.41. The Balaban J connectivity index is 1.17. The molecule has 220 valence electrons. The number of ether oxygens (including phenoxy) is 1. The van der Waals surface area contributed by atoms with Crippen LogP contribution in [0.3, 0.4) is 0 Å². The van der Waals surface area contributed by atoms with Gasteiger partial charge in [0.2, 0.25) is 11.6 Å². The van der Waals surface area contributed by atoms with Crippen LogP contribution in [0.2, 0.25) is 0 Å². The Bertz CT molecular complexity index is 2230. The number of H-pyrrole nitrogens is 1. The van der Waals surface area contributed by atoms with E-state index >= 15 is 0 Å². The van der Waals surface area contributed by atoms with Crippen LogP contribution >= 0.6 is 0 Å². The lowest BCUT2D eigenvalue weighted by Gasteiger charge is -2.10. The van der Waals surface area contributed by atoms with Crippen molar-refractivity contribution < 1.29 is 18.3 Å². The maximum absolute atomic E-state index is 13.3. The molecule has 4 heterocycles. The number of aromatic amines is 1. The number of aromatic nitrogens is 5. The largest absolute Gasteiger partial charge is 0.438 e. The summed E-state index contributed by atoms with van der Waals surface area (Å²) in [6, 6.07) is 22.4. The number of halogens is 1. The first-order valence-electron chi connectivity index (χ1n) is 13.6. The number of benzene rings is 3. The van der Waals surface area contributed by atoms with Crippen LogP contribution in [0, 0.1) is 5.82 Å². The molecule has 7 rings (SSSR count). The molecule has 4 N–H and O–H groups in total. The Labute approximate surface area is 253 Å². The number of nitrogens with zero attached hydrogens (tertiary/aromatic N) is 4. The maximum Gasteiger partial charge on any atom is 0.267 e. The van der Waals surface area contributed by atoms with Crippen LogP contribution in [0.1, 0.15) is 10.4 Å². The van der Waals surface area contributed by atoms with Crippen LogP contribution in [-0.2, 0) is 0 Å². The minimum absolute atomic E-state index is 0.0759. The lowest BCUT2D eigenvalue weighted by atomic mass is 10.0. The second-order valence-corrected chi connectivity index (χ2v) is 9.93. The van der Waals surface area contributed by atoms with Gasteiger partial charge < -0.3 is 20.2 Å². The minimum Gasteiger partial charge on any atom is -0.438 e. The van der Waals surface area contributed by atoms with E-state index in [1.54, 1.807) is 48.8 Å². The van der Waals surface area contributed by atoms with Gasteiger partial charge in [-0.3, -0.25) is 19.3 Å². The molecular weight excluding hydrogens is 577 g/mol. The number of furan rings is 1. The average molecular weight is 600 g/mol. The van der Waals surface area contributed by atoms with Crippen molar-refractivity contribution in [1.29, 1.82) is 0 Å². The molecular formula is C33H22FN7O4. The molecule has 0 aliphatic carbocycles. The van der Waals surface area contributed by atoms with Crippen molar-refractivity contribution >= 4 is 28.4 Å². The number of nitrogens with two attached hydrogens (primary N) is 1. The molecule has 7 aromatic rings. The monoisotopic (exact) mass is 599 g/mol. The molecule has 0 unspecified atom stereocenters. The maximum atomic E-state index is 13.3. The van der Waals surface area contributed by atoms with Gasteiger partial charge >= 0.3 is 0 Å². The van der Waals surface area contributed by atoms with Crippen molar-refractivity contribution in [2.45, 2.75) is 0 Å². The van der Waals surface area contributed by atoms with Gasteiger partial charge in [-0.15, -0.1) is 0 Å². The van der Waals surface area contributed by atoms with Gasteiger partial charge in [0, 0.05) is 35.0 Å². The van der Waals surface area contributed by atoms with Gasteiger partial charge in [-0.2, -0.15) is 5.10 Å². The first-order chi connectivity index (χ1) is 21.9. The van der Waals surface area contributed by atoms with Gasteiger partial charge in [0.25, 0.3) is 11.5 Å². The first-order valence-corrected chi connectivity index (χ1v) is 13.6. The number of carbonyl (C=O) groups is 1. The topological polar surface area (TPSA) is 154 Å². The number of nitrogens with one attached hydrogen (secondary N) is 2. The zero-order chi connectivity index (χ0) is 30.9. The second kappa shape index (κ2) is 11.3. The third-order valence-electron chi connectivity index (χ3n) is 7.01. The Kier molecular flexibility index (Phi) is 6.83. The van der Waals surface area contributed by atoms with E-state index in [0.29, 0.717) is 50.8 Å². The van der Waals surface area contributed by atoms with Crippen LogP contribution in [0.5, 0.6) is 11.6 Å². The summed E-state index contributed by atoms with van der Waals surface area (Å²) in [6.07, 6.45) is 6.21. The highest BCUT2D eigenvalue weighted by atomic mass is 19.1. The Hall–Kier alpha value is -6.56. The predicted octanol–water partition coefficient (Wildman–Crippen LogP) is 6.20. The summed E-state index contributed by atoms with van der Waals surface area (Å²) in [5.74, 6) is 0.170. The third kappa shape index (κ3) is 5.27. The van der Waals surface area contributed by atoms with Crippen molar-refractivity contribution in [3.05, 3.63) is 132 Å². The van der Waals surface area contributed by atoms with Crippen molar-refractivity contribution in [3.63, 3.8) is 0 Å². The van der Waals surface area contributed by atoms with Gasteiger partial charge in [0.15, 0.2) is 0 Å². The fraction of sp³-hybridized carbons (Fsp3) is 0. The van der Waals surface area contributed by atoms with E-state index in [4.69, 9.17) is 14.9 Å². The Morgan fingerprint density at radius 2 is 1.80 bits per heavy atom. The summed E-state index contributed by atoms with van der Waals surface area (Å²) < 4.78 is 27.0. The molecule has 0 fully saturated rings. The van der Waals surface area contributed by atoms with Gasteiger partial charge in [0.1, 0.15) is 34.6 Å². The number of hydrogen-bond donors (Lipinski definition) is 3. The number of rotatable bonds is 7. The van der Waals surface area contributed by atoms with Gasteiger partial charge in [-0.1, -0.05) is 12.1 Å². The molecule has 4 aromatic heterocycles. The molecule has 45 heavy (non-hydrogen) atoms. The summed E-state index contributed by atoms with van der Waals surface area (Å²) >= 11 is 0. The van der Waals surface area contributed by atoms with E-state index in [9.17, 15) is 14.0 Å². The van der Waals surface area contributed by atoms with E-state index < -0.39 is 17.3 Å². The molecule has 0 aliphatic rings. The Morgan fingerprint density at radius 3 is 2.56 bits per heavy atom. The zero-order valence-electron chi connectivity index (χ0n) is 23.3. The standard InChI is InChI=1S/C33H22FN7O4/c34-21-6-10-24(11-7-21)41-14-2-5-26(33(41)43)30(42)40-23-8-12-25(13-9-23)44-31-28-27(19-3-1-4-22(35)15-19)29(20-16-38-39-17-20)45-32(28)37-18-36-31/h1-18H,35H2,(H,38,39)(H,40,42). The molecule has 3 aromatic carbocycles. The molecule has 0 saturated heterocycles. The summed E-state index contributed by atoms with van der Waals surface area (Å²) in [5, 5.41) is 10.1. The molecule has 0 bridgehead atoms. The lowest BCUT2D eigenvalue weighted by Crippen LogP contribution is -2.27. The molecule has 0 aliphatic heterocycles. The van der Waals surface area contributed by atoms with Crippen molar-refractivity contribution in [1.82, 2.24) is 24.7 Å². The molecule has 1 amide bonds. The highest BCUT2D eigenvalue weighted by Crippen LogP contribution is 2.44.